The van der Waals surface area contributed by atoms with E-state index >= 15 is 0 Å². The van der Waals surface area contributed by atoms with Crippen LogP contribution in [0.2, 0.25) is 0 Å². The minimum atomic E-state index is -4.17. The van der Waals surface area contributed by atoms with Gasteiger partial charge in [0.05, 0.1) is 5.56 Å². The standard InChI is InChI=1S/C20H20FN3O5S/c1-13(19(26)22-2)23(11-14-7-9-15(21)10-8-14)18(25)12-24-20(27)16-5-3-4-6-17(16)30(24,28)29/h3-10,13H,11-12H2,1-2H3,(H,22,26)/t13-/m0/s1. The topological polar surface area (TPSA) is 104 Å². The van der Waals surface area contributed by atoms with Gasteiger partial charge in [0.15, 0.2) is 0 Å². The number of fused-ring (bicyclic) bond motifs is 1. The molecule has 3 amide bonds. The average molecular weight is 433 g/mol. The van der Waals surface area contributed by atoms with Crippen LogP contribution >= 0.6 is 0 Å². The maximum absolute atomic E-state index is 13.2. The number of carbonyl (C=O) groups is 3. The molecule has 0 radical (unpaired) electrons. The van der Waals surface area contributed by atoms with Gasteiger partial charge in [-0.1, -0.05) is 24.3 Å². The SMILES string of the molecule is CNC(=O)[C@H](C)N(Cc1ccc(F)cc1)C(=O)CN1C(=O)c2ccccc2S1(=O)=O. The lowest BCUT2D eigenvalue weighted by molar-refractivity contribution is -0.140. The summed E-state index contributed by atoms with van der Waals surface area (Å²) in [6.45, 7) is 0.663. The highest BCUT2D eigenvalue weighted by molar-refractivity contribution is 7.90. The van der Waals surface area contributed by atoms with E-state index in [1.807, 2.05) is 0 Å². The highest BCUT2D eigenvalue weighted by atomic mass is 32.2. The summed E-state index contributed by atoms with van der Waals surface area (Å²) in [6.07, 6.45) is 0. The second kappa shape index (κ2) is 8.23. The number of sulfonamides is 1. The van der Waals surface area contributed by atoms with E-state index in [0.717, 1.165) is 4.90 Å². The van der Waals surface area contributed by atoms with Crippen molar-refractivity contribution in [3.63, 3.8) is 0 Å². The Bertz CT molecular complexity index is 1100. The van der Waals surface area contributed by atoms with Crippen LogP contribution < -0.4 is 5.32 Å². The molecule has 1 aliphatic rings. The van der Waals surface area contributed by atoms with E-state index in [9.17, 15) is 27.2 Å². The zero-order chi connectivity index (χ0) is 22.1. The number of rotatable bonds is 6. The third kappa shape index (κ3) is 3.90. The van der Waals surface area contributed by atoms with Gasteiger partial charge in [0.25, 0.3) is 15.9 Å². The first-order valence-electron chi connectivity index (χ1n) is 9.08. The molecule has 8 nitrogen and oxygen atoms in total. The van der Waals surface area contributed by atoms with Crippen LogP contribution in [0.25, 0.3) is 0 Å². The van der Waals surface area contributed by atoms with Crippen molar-refractivity contribution < 1.29 is 27.2 Å². The molecule has 0 saturated heterocycles. The number of benzene rings is 2. The van der Waals surface area contributed by atoms with Gasteiger partial charge in [-0.15, -0.1) is 0 Å². The van der Waals surface area contributed by atoms with E-state index < -0.39 is 46.1 Å². The Morgan fingerprint density at radius 1 is 1.13 bits per heavy atom. The number of hydrogen-bond donors (Lipinski definition) is 1. The minimum Gasteiger partial charge on any atom is -0.357 e. The molecule has 0 saturated carbocycles. The lowest BCUT2D eigenvalue weighted by Crippen LogP contribution is -2.50. The fourth-order valence-electron chi connectivity index (χ4n) is 3.18. The summed E-state index contributed by atoms with van der Waals surface area (Å²) >= 11 is 0. The Balaban J connectivity index is 1.89. The summed E-state index contributed by atoms with van der Waals surface area (Å²) in [7, 11) is -2.76. The van der Waals surface area contributed by atoms with E-state index in [4.69, 9.17) is 0 Å². The number of amides is 3. The Hall–Kier alpha value is -3.27. The molecule has 0 unspecified atom stereocenters. The van der Waals surface area contributed by atoms with Crippen molar-refractivity contribution in [2.45, 2.75) is 24.4 Å². The Morgan fingerprint density at radius 2 is 1.77 bits per heavy atom. The van der Waals surface area contributed by atoms with Crippen LogP contribution in [0.3, 0.4) is 0 Å². The first-order chi connectivity index (χ1) is 14.2. The van der Waals surface area contributed by atoms with E-state index in [1.54, 1.807) is 0 Å². The van der Waals surface area contributed by atoms with Crippen LogP contribution in [0.5, 0.6) is 0 Å². The minimum absolute atomic E-state index is 0.00488. The molecule has 0 spiro atoms. The van der Waals surface area contributed by atoms with Gasteiger partial charge in [0.2, 0.25) is 11.8 Å². The number of hydrogen-bond acceptors (Lipinski definition) is 5. The van der Waals surface area contributed by atoms with Crippen molar-refractivity contribution in [2.24, 2.45) is 0 Å². The second-order valence-electron chi connectivity index (χ2n) is 6.75. The summed E-state index contributed by atoms with van der Waals surface area (Å²) in [4.78, 5) is 38.7. The van der Waals surface area contributed by atoms with Gasteiger partial charge >= 0.3 is 0 Å². The first kappa shape index (κ1) is 21.4. The summed E-state index contributed by atoms with van der Waals surface area (Å²) in [5.41, 5.74) is 0.536. The molecule has 3 rings (SSSR count). The number of halogens is 1. The molecule has 1 atom stereocenters. The summed E-state index contributed by atoms with van der Waals surface area (Å²) in [5.74, 6) is -2.46. The molecule has 2 aromatic carbocycles. The quantitative estimate of drug-likeness (QED) is 0.736. The number of carbonyl (C=O) groups excluding carboxylic acids is 3. The zero-order valence-electron chi connectivity index (χ0n) is 16.3. The maximum atomic E-state index is 13.2. The normalized spacial score (nSPS) is 15.4. The fraction of sp³-hybridized carbons (Fsp3) is 0.250. The van der Waals surface area contributed by atoms with Crippen molar-refractivity contribution in [3.8, 4) is 0 Å². The molecule has 1 N–H and O–H groups in total. The van der Waals surface area contributed by atoms with Crippen molar-refractivity contribution in [2.75, 3.05) is 13.6 Å². The monoisotopic (exact) mass is 433 g/mol. The Labute approximate surface area is 173 Å². The van der Waals surface area contributed by atoms with Crippen molar-refractivity contribution in [3.05, 3.63) is 65.5 Å². The van der Waals surface area contributed by atoms with Crippen LogP contribution in [-0.4, -0.2) is 55.0 Å². The van der Waals surface area contributed by atoms with Gasteiger partial charge in [-0.05, 0) is 36.8 Å². The van der Waals surface area contributed by atoms with Crippen molar-refractivity contribution >= 4 is 27.7 Å². The molecule has 0 aliphatic carbocycles. The Morgan fingerprint density at radius 3 is 2.37 bits per heavy atom. The number of nitrogens with one attached hydrogen (secondary N) is 1. The molecular formula is C20H20FN3O5S. The van der Waals surface area contributed by atoms with Gasteiger partial charge in [0, 0.05) is 13.6 Å². The van der Waals surface area contributed by atoms with Gasteiger partial charge < -0.3 is 10.2 Å². The molecular weight excluding hydrogens is 413 g/mol. The van der Waals surface area contributed by atoms with Gasteiger partial charge in [-0.25, -0.2) is 17.1 Å². The molecule has 1 aliphatic heterocycles. The third-order valence-electron chi connectivity index (χ3n) is 4.87. The summed E-state index contributed by atoms with van der Waals surface area (Å²) in [5, 5.41) is 2.44. The number of nitrogens with zero attached hydrogens (tertiary/aromatic N) is 2. The molecule has 0 bridgehead atoms. The Kier molecular flexibility index (Phi) is 5.88. The zero-order valence-corrected chi connectivity index (χ0v) is 17.1. The van der Waals surface area contributed by atoms with Crippen LogP contribution in [0.15, 0.2) is 53.4 Å². The van der Waals surface area contributed by atoms with Gasteiger partial charge in [0.1, 0.15) is 23.3 Å². The van der Waals surface area contributed by atoms with E-state index in [0.29, 0.717) is 9.87 Å². The highest BCUT2D eigenvalue weighted by Gasteiger charge is 2.43. The molecule has 2 aromatic rings. The van der Waals surface area contributed by atoms with Crippen LogP contribution in [0.4, 0.5) is 4.39 Å². The van der Waals surface area contributed by atoms with Crippen LogP contribution in [-0.2, 0) is 26.2 Å². The van der Waals surface area contributed by atoms with E-state index in [2.05, 4.69) is 5.32 Å². The summed E-state index contributed by atoms with van der Waals surface area (Å²) in [6, 6.07) is 10.1. The molecule has 1 heterocycles. The van der Waals surface area contributed by atoms with Crippen LogP contribution in [0, 0.1) is 5.82 Å². The van der Waals surface area contributed by atoms with E-state index in [1.165, 1.54) is 62.5 Å². The largest absolute Gasteiger partial charge is 0.357 e. The van der Waals surface area contributed by atoms with E-state index in [-0.39, 0.29) is 17.0 Å². The molecule has 10 heteroatoms. The third-order valence-corrected chi connectivity index (χ3v) is 6.66. The van der Waals surface area contributed by atoms with Gasteiger partial charge in [-0.2, -0.15) is 0 Å². The molecule has 30 heavy (non-hydrogen) atoms. The number of likely N-dealkylation sites (N-methyl/N-ethyl adjacent to an activating group) is 1. The maximum Gasteiger partial charge on any atom is 0.269 e. The van der Waals surface area contributed by atoms with Crippen molar-refractivity contribution in [1.82, 2.24) is 14.5 Å². The van der Waals surface area contributed by atoms with Crippen LogP contribution in [0.1, 0.15) is 22.8 Å². The molecule has 0 fully saturated rings. The van der Waals surface area contributed by atoms with Gasteiger partial charge in [-0.3, -0.25) is 14.4 Å². The van der Waals surface area contributed by atoms with Crippen molar-refractivity contribution in [1.29, 1.82) is 0 Å². The smallest absolute Gasteiger partial charge is 0.269 e. The fourth-order valence-corrected chi connectivity index (χ4v) is 4.70. The second-order valence-corrected chi connectivity index (χ2v) is 8.58. The predicted molar refractivity (Wildman–Crippen MR) is 105 cm³/mol. The molecule has 158 valence electrons. The first-order valence-corrected chi connectivity index (χ1v) is 10.5. The molecule has 0 aromatic heterocycles. The lowest BCUT2D eigenvalue weighted by atomic mass is 10.1. The predicted octanol–water partition coefficient (Wildman–Crippen LogP) is 1.13. The summed E-state index contributed by atoms with van der Waals surface area (Å²) < 4.78 is 39.1. The lowest BCUT2D eigenvalue weighted by Gasteiger charge is -2.29. The average Bonchev–Trinajstić information content (AvgIpc) is 2.93. The highest BCUT2D eigenvalue weighted by Crippen LogP contribution is 2.30.